The average Bonchev–Trinajstić information content (AvgIpc) is 2.66. The molecular formula is C21H26N2O3S. The Labute approximate surface area is 165 Å². The molecule has 0 radical (unpaired) electrons. The van der Waals surface area contributed by atoms with E-state index in [0.29, 0.717) is 24.7 Å². The van der Waals surface area contributed by atoms with Crippen molar-refractivity contribution in [2.24, 2.45) is 5.10 Å². The minimum atomic E-state index is -0.246. The Hall–Kier alpha value is -2.47. The molecule has 0 unspecified atom stereocenters. The van der Waals surface area contributed by atoms with Crippen LogP contribution in [0, 0.1) is 6.92 Å². The maximum Gasteiger partial charge on any atom is 0.253 e. The van der Waals surface area contributed by atoms with Gasteiger partial charge in [-0.15, -0.1) is 11.8 Å². The number of carbonyl (C=O) groups excluding carboxylic acids is 1. The van der Waals surface area contributed by atoms with Crippen molar-refractivity contribution in [2.45, 2.75) is 37.8 Å². The molecule has 0 saturated carbocycles. The number of hydrogen-bond donors (Lipinski definition) is 1. The minimum Gasteiger partial charge on any atom is -0.490 e. The van der Waals surface area contributed by atoms with Gasteiger partial charge in [-0.2, -0.15) is 5.10 Å². The second kappa shape index (κ2) is 10.6. The molecule has 0 saturated heterocycles. The lowest BCUT2D eigenvalue weighted by atomic mass is 10.2. The molecule has 2 aromatic carbocycles. The normalized spacial score (nSPS) is 12.0. The van der Waals surface area contributed by atoms with Crippen LogP contribution >= 0.6 is 11.8 Å². The van der Waals surface area contributed by atoms with Crippen LogP contribution < -0.4 is 14.9 Å². The van der Waals surface area contributed by atoms with Crippen LogP contribution in [0.3, 0.4) is 0 Å². The predicted octanol–water partition coefficient (Wildman–Crippen LogP) is 4.42. The molecule has 0 aliphatic carbocycles. The van der Waals surface area contributed by atoms with E-state index in [1.54, 1.807) is 6.21 Å². The third-order valence-electron chi connectivity index (χ3n) is 3.66. The van der Waals surface area contributed by atoms with Crippen LogP contribution in [0.15, 0.2) is 52.5 Å². The first-order valence-electron chi connectivity index (χ1n) is 8.99. The first-order chi connectivity index (χ1) is 13.0. The molecule has 2 rings (SSSR count). The van der Waals surface area contributed by atoms with E-state index < -0.39 is 0 Å². The first kappa shape index (κ1) is 20.8. The fraction of sp³-hybridized carbons (Fsp3) is 0.333. The Morgan fingerprint density at radius 1 is 1.11 bits per heavy atom. The second-order valence-electron chi connectivity index (χ2n) is 5.88. The fourth-order valence-corrected chi connectivity index (χ4v) is 3.15. The Kier molecular flexibility index (Phi) is 8.20. The minimum absolute atomic E-state index is 0.146. The predicted molar refractivity (Wildman–Crippen MR) is 111 cm³/mol. The smallest absolute Gasteiger partial charge is 0.253 e. The molecule has 27 heavy (non-hydrogen) atoms. The molecule has 0 bridgehead atoms. The van der Waals surface area contributed by atoms with Gasteiger partial charge in [0.1, 0.15) is 0 Å². The van der Waals surface area contributed by atoms with Crippen molar-refractivity contribution >= 4 is 23.9 Å². The van der Waals surface area contributed by atoms with Gasteiger partial charge in [-0.3, -0.25) is 4.79 Å². The summed E-state index contributed by atoms with van der Waals surface area (Å²) in [7, 11) is 0. The van der Waals surface area contributed by atoms with Crippen molar-refractivity contribution in [3.8, 4) is 11.5 Å². The average molecular weight is 387 g/mol. The van der Waals surface area contributed by atoms with Crippen LogP contribution in [0.4, 0.5) is 0 Å². The van der Waals surface area contributed by atoms with Gasteiger partial charge in [0.25, 0.3) is 5.91 Å². The number of nitrogens with zero attached hydrogens (tertiary/aromatic N) is 1. The summed E-state index contributed by atoms with van der Waals surface area (Å²) in [4.78, 5) is 13.3. The Balaban J connectivity index is 1.94. The molecule has 5 nitrogen and oxygen atoms in total. The van der Waals surface area contributed by atoms with Crippen LogP contribution in [0.2, 0.25) is 0 Å². The van der Waals surface area contributed by atoms with Crippen molar-refractivity contribution in [1.29, 1.82) is 0 Å². The molecule has 6 heteroatoms. The second-order valence-corrected chi connectivity index (χ2v) is 7.29. The lowest BCUT2D eigenvalue weighted by Gasteiger charge is -2.11. The number of carbonyl (C=O) groups is 1. The number of nitrogens with one attached hydrogen (secondary N) is 1. The quantitative estimate of drug-likeness (QED) is 0.394. The number of thioether (sulfide) groups is 1. The van der Waals surface area contributed by atoms with Crippen molar-refractivity contribution in [3.63, 3.8) is 0 Å². The van der Waals surface area contributed by atoms with Gasteiger partial charge in [0.2, 0.25) is 0 Å². The van der Waals surface area contributed by atoms with E-state index in [1.807, 2.05) is 70.2 Å². The van der Waals surface area contributed by atoms with E-state index in [9.17, 15) is 4.79 Å². The molecular weight excluding hydrogens is 360 g/mol. The molecule has 1 amide bonds. The van der Waals surface area contributed by atoms with Gasteiger partial charge >= 0.3 is 0 Å². The van der Waals surface area contributed by atoms with Crippen LogP contribution in [0.25, 0.3) is 0 Å². The lowest BCUT2D eigenvalue weighted by Crippen LogP contribution is -2.26. The third-order valence-corrected chi connectivity index (χ3v) is 4.77. The zero-order valence-corrected chi connectivity index (χ0v) is 17.0. The van der Waals surface area contributed by atoms with E-state index in [1.165, 1.54) is 17.3 Å². The number of hydrogen-bond acceptors (Lipinski definition) is 5. The summed E-state index contributed by atoms with van der Waals surface area (Å²) in [6.07, 6.45) is 1.60. The number of aryl methyl sites for hydroxylation is 1. The summed E-state index contributed by atoms with van der Waals surface area (Å²) in [5, 5.41) is 3.81. The van der Waals surface area contributed by atoms with Crippen molar-refractivity contribution in [1.82, 2.24) is 5.43 Å². The van der Waals surface area contributed by atoms with Crippen LogP contribution in [0.5, 0.6) is 11.5 Å². The molecule has 2 aromatic rings. The van der Waals surface area contributed by atoms with E-state index in [4.69, 9.17) is 9.47 Å². The van der Waals surface area contributed by atoms with Gasteiger partial charge in [-0.1, -0.05) is 17.7 Å². The molecule has 0 heterocycles. The van der Waals surface area contributed by atoms with E-state index in [0.717, 1.165) is 10.5 Å². The Morgan fingerprint density at radius 3 is 2.44 bits per heavy atom. The number of benzene rings is 2. The third kappa shape index (κ3) is 6.64. The summed E-state index contributed by atoms with van der Waals surface area (Å²) >= 11 is 1.50. The maximum atomic E-state index is 12.2. The molecule has 144 valence electrons. The zero-order valence-electron chi connectivity index (χ0n) is 16.2. The topological polar surface area (TPSA) is 59.9 Å². The molecule has 0 aliphatic rings. The number of ether oxygens (including phenoxy) is 2. The summed E-state index contributed by atoms with van der Waals surface area (Å²) < 4.78 is 11.1. The first-order valence-corrected chi connectivity index (χ1v) is 9.87. The molecule has 1 atom stereocenters. The molecule has 0 fully saturated rings. The summed E-state index contributed by atoms with van der Waals surface area (Å²) in [5.41, 5.74) is 4.61. The van der Waals surface area contributed by atoms with Crippen LogP contribution in [0.1, 0.15) is 31.9 Å². The zero-order chi connectivity index (χ0) is 19.6. The monoisotopic (exact) mass is 386 g/mol. The molecule has 1 N–H and O–H groups in total. The fourth-order valence-electron chi connectivity index (χ4n) is 2.28. The van der Waals surface area contributed by atoms with Gasteiger partial charge in [0, 0.05) is 4.90 Å². The van der Waals surface area contributed by atoms with E-state index in [-0.39, 0.29) is 11.2 Å². The SMILES string of the molecule is CCOc1ccc(/C=N\NC(=O)[C@@H](C)Sc2ccc(C)cc2)cc1OCC. The van der Waals surface area contributed by atoms with Gasteiger partial charge in [-0.05, 0) is 63.6 Å². The highest BCUT2D eigenvalue weighted by atomic mass is 32.2. The lowest BCUT2D eigenvalue weighted by molar-refractivity contribution is -0.120. The Bertz CT molecular complexity index is 775. The van der Waals surface area contributed by atoms with Crippen molar-refractivity contribution in [3.05, 3.63) is 53.6 Å². The summed E-state index contributed by atoms with van der Waals surface area (Å²) in [5.74, 6) is 1.22. The van der Waals surface area contributed by atoms with Crippen molar-refractivity contribution in [2.75, 3.05) is 13.2 Å². The van der Waals surface area contributed by atoms with E-state index >= 15 is 0 Å². The number of rotatable bonds is 9. The van der Waals surface area contributed by atoms with Crippen molar-refractivity contribution < 1.29 is 14.3 Å². The maximum absolute atomic E-state index is 12.2. The number of amides is 1. The van der Waals surface area contributed by atoms with Gasteiger partial charge in [0.15, 0.2) is 11.5 Å². The molecule has 0 spiro atoms. The summed E-state index contributed by atoms with van der Waals surface area (Å²) in [6, 6.07) is 13.7. The Morgan fingerprint density at radius 2 is 1.78 bits per heavy atom. The van der Waals surface area contributed by atoms with Crippen LogP contribution in [-0.2, 0) is 4.79 Å². The molecule has 0 aromatic heterocycles. The number of hydrazone groups is 1. The highest BCUT2D eigenvalue weighted by Gasteiger charge is 2.13. The highest BCUT2D eigenvalue weighted by molar-refractivity contribution is 8.00. The van der Waals surface area contributed by atoms with Gasteiger partial charge < -0.3 is 9.47 Å². The highest BCUT2D eigenvalue weighted by Crippen LogP contribution is 2.28. The van der Waals surface area contributed by atoms with Gasteiger partial charge in [0.05, 0.1) is 24.7 Å². The van der Waals surface area contributed by atoms with E-state index in [2.05, 4.69) is 10.5 Å². The van der Waals surface area contributed by atoms with Crippen LogP contribution in [-0.4, -0.2) is 30.6 Å². The standard InChI is InChI=1S/C21H26N2O3S/c1-5-25-19-12-9-17(13-20(19)26-6-2)14-22-23-21(24)16(4)27-18-10-7-15(3)8-11-18/h7-14,16H,5-6H2,1-4H3,(H,23,24)/b22-14-/t16-/m1/s1. The molecule has 0 aliphatic heterocycles. The largest absolute Gasteiger partial charge is 0.490 e. The summed E-state index contributed by atoms with van der Waals surface area (Å²) in [6.45, 7) is 8.86. The van der Waals surface area contributed by atoms with Gasteiger partial charge in [-0.25, -0.2) is 5.43 Å².